The zero-order valence-electron chi connectivity index (χ0n) is 27.6. The maximum atomic E-state index is 12.3. The number of carbonyl (C=O) groups is 5. The molecular formula is C34H47N5O7S. The molecular weight excluding hydrogens is 622 g/mol. The Balaban J connectivity index is 0.000000301. The number of nitrogens with zero attached hydrogens (tertiary/aromatic N) is 1. The first-order valence-electron chi connectivity index (χ1n) is 15.5. The second-order valence-corrected chi connectivity index (χ2v) is 11.3. The van der Waals surface area contributed by atoms with Crippen LogP contribution >= 0.6 is 12.6 Å². The highest BCUT2D eigenvalue weighted by atomic mass is 32.1. The molecule has 2 heterocycles. The highest BCUT2D eigenvalue weighted by molar-refractivity contribution is 7.79. The fraction of sp³-hybridized carbons (Fsp3) is 0.471. The summed E-state index contributed by atoms with van der Waals surface area (Å²) in [7, 11) is 3.06. The van der Waals surface area contributed by atoms with E-state index in [4.69, 9.17) is 4.42 Å². The van der Waals surface area contributed by atoms with Crippen LogP contribution in [-0.4, -0.2) is 66.3 Å². The lowest BCUT2D eigenvalue weighted by molar-refractivity contribution is -0.137. The number of rotatable bonds is 11. The quantitative estimate of drug-likeness (QED) is 0.105. The minimum atomic E-state index is -0.858. The first kappa shape index (κ1) is 38.8. The third-order valence-corrected chi connectivity index (χ3v) is 8.38. The van der Waals surface area contributed by atoms with E-state index in [0.29, 0.717) is 17.7 Å². The Morgan fingerprint density at radius 1 is 1.19 bits per heavy atom. The van der Waals surface area contributed by atoms with E-state index in [2.05, 4.69) is 47.1 Å². The van der Waals surface area contributed by atoms with Crippen LogP contribution in [0.4, 0.5) is 5.69 Å². The molecule has 0 aromatic carbocycles. The van der Waals surface area contributed by atoms with Crippen molar-refractivity contribution in [2.45, 2.75) is 76.4 Å². The van der Waals surface area contributed by atoms with Gasteiger partial charge in [-0.25, -0.2) is 0 Å². The van der Waals surface area contributed by atoms with Gasteiger partial charge < -0.3 is 35.0 Å². The lowest BCUT2D eigenvalue weighted by Crippen LogP contribution is -2.53. The summed E-state index contributed by atoms with van der Waals surface area (Å²) in [6.07, 6.45) is 13.9. The second-order valence-electron chi connectivity index (χ2n) is 11.3. The molecule has 1 atom stereocenters. The number of amides is 3. The summed E-state index contributed by atoms with van der Waals surface area (Å²) in [6.45, 7) is 7.90. The summed E-state index contributed by atoms with van der Waals surface area (Å²) in [5.74, 6) is -0.246. The second kappa shape index (κ2) is 18.7. The fourth-order valence-electron chi connectivity index (χ4n) is 6.04. The number of fused-ring (bicyclic) bond motifs is 2. The van der Waals surface area contributed by atoms with Crippen LogP contribution in [-0.2, 0) is 32.1 Å². The Bertz CT molecular complexity index is 1500. The average molecular weight is 670 g/mol. The number of Topliss-reactive ketones (excluding diaryl/α,β-unsaturated/α-hetero) is 1. The summed E-state index contributed by atoms with van der Waals surface area (Å²) in [4.78, 5) is 70.1. The number of likely N-dealkylation sites (N-methyl/N-ethyl adjacent to an activating group) is 1. The summed E-state index contributed by atoms with van der Waals surface area (Å²) < 4.78 is 7.03. The van der Waals surface area contributed by atoms with Crippen molar-refractivity contribution in [1.82, 2.24) is 20.5 Å². The largest absolute Gasteiger partial charge is 0.451 e. The summed E-state index contributed by atoms with van der Waals surface area (Å²) >= 11 is 3.53. The highest BCUT2D eigenvalue weighted by Crippen LogP contribution is 2.51. The Morgan fingerprint density at radius 2 is 1.89 bits per heavy atom. The van der Waals surface area contributed by atoms with E-state index in [1.807, 2.05) is 12.2 Å². The average Bonchev–Trinajstić information content (AvgIpc) is 3.78. The summed E-state index contributed by atoms with van der Waals surface area (Å²) in [5.41, 5.74) is 2.16. The predicted molar refractivity (Wildman–Crippen MR) is 186 cm³/mol. The van der Waals surface area contributed by atoms with Gasteiger partial charge in [-0.05, 0) is 82.3 Å². The fourth-order valence-corrected chi connectivity index (χ4v) is 6.04. The molecule has 1 unspecified atom stereocenters. The number of nitrogens with one attached hydrogen (secondary N) is 4. The van der Waals surface area contributed by atoms with Gasteiger partial charge in [0.2, 0.25) is 11.7 Å². The number of anilines is 1. The molecule has 13 heteroatoms. The molecule has 2 aromatic rings. The van der Waals surface area contributed by atoms with Crippen LogP contribution in [0.5, 0.6) is 0 Å². The van der Waals surface area contributed by atoms with Crippen LogP contribution in [0.25, 0.3) is 6.08 Å². The first-order chi connectivity index (χ1) is 22.6. The molecule has 4 aliphatic rings. The lowest BCUT2D eigenvalue weighted by atomic mass is 9.77. The molecule has 6 rings (SSSR count). The molecule has 256 valence electrons. The van der Waals surface area contributed by atoms with E-state index in [1.54, 1.807) is 38.6 Å². The Hall–Kier alpha value is -4.39. The zero-order chi connectivity index (χ0) is 35.1. The SMILES string of the molecule is C=C.CNC(=O)C(=O)CCC(C=O)NC(=O)c1oc2c(c1C)CCC=C2.CNc1cccn(CC(=O)NC23CCC(C2)C3)c1=O.CS. The van der Waals surface area contributed by atoms with E-state index >= 15 is 0 Å². The van der Waals surface area contributed by atoms with Gasteiger partial charge in [-0.1, -0.05) is 6.08 Å². The highest BCUT2D eigenvalue weighted by Gasteiger charge is 2.50. The van der Waals surface area contributed by atoms with E-state index in [1.165, 1.54) is 18.0 Å². The van der Waals surface area contributed by atoms with Crippen LogP contribution < -0.4 is 26.8 Å². The molecule has 47 heavy (non-hydrogen) atoms. The molecule has 4 aliphatic carbocycles. The van der Waals surface area contributed by atoms with Crippen LogP contribution in [0.1, 0.15) is 72.4 Å². The third kappa shape index (κ3) is 10.0. The lowest BCUT2D eigenvalue weighted by Gasteiger charge is -2.39. The van der Waals surface area contributed by atoms with E-state index in [9.17, 15) is 28.8 Å². The predicted octanol–water partition coefficient (Wildman–Crippen LogP) is 3.24. The Kier molecular flexibility index (Phi) is 15.4. The monoisotopic (exact) mass is 669 g/mol. The molecule has 0 radical (unpaired) electrons. The number of pyridine rings is 1. The first-order valence-corrected chi connectivity index (χ1v) is 16.4. The van der Waals surface area contributed by atoms with Crippen molar-refractivity contribution in [1.29, 1.82) is 0 Å². The Labute approximate surface area is 281 Å². The number of hydrogen-bond acceptors (Lipinski definition) is 9. The molecule has 0 aliphatic heterocycles. The molecule has 2 bridgehead atoms. The maximum Gasteiger partial charge on any atom is 0.287 e. The van der Waals surface area contributed by atoms with Gasteiger partial charge in [0.25, 0.3) is 17.4 Å². The van der Waals surface area contributed by atoms with Gasteiger partial charge in [-0.3, -0.25) is 24.0 Å². The van der Waals surface area contributed by atoms with Crippen LogP contribution in [0.2, 0.25) is 0 Å². The molecule has 4 N–H and O–H groups in total. The van der Waals surface area contributed by atoms with Gasteiger partial charge in [0.15, 0.2) is 5.76 Å². The van der Waals surface area contributed by atoms with Crippen molar-refractivity contribution >= 4 is 54.2 Å². The van der Waals surface area contributed by atoms with Crippen LogP contribution in [0.3, 0.4) is 0 Å². The smallest absolute Gasteiger partial charge is 0.287 e. The van der Waals surface area contributed by atoms with Crippen molar-refractivity contribution in [2.24, 2.45) is 5.92 Å². The van der Waals surface area contributed by atoms with E-state index < -0.39 is 23.6 Å². The molecule has 0 saturated heterocycles. The number of carbonyl (C=O) groups excluding carboxylic acids is 5. The van der Waals surface area contributed by atoms with Crippen LogP contribution in [0, 0.1) is 12.8 Å². The van der Waals surface area contributed by atoms with E-state index in [0.717, 1.165) is 49.1 Å². The Morgan fingerprint density at radius 3 is 2.47 bits per heavy atom. The number of aromatic nitrogens is 1. The third-order valence-electron chi connectivity index (χ3n) is 8.38. The molecule has 0 spiro atoms. The van der Waals surface area contributed by atoms with Gasteiger partial charge in [0, 0.05) is 43.4 Å². The van der Waals surface area contributed by atoms with Crippen molar-refractivity contribution < 1.29 is 28.4 Å². The van der Waals surface area contributed by atoms with Gasteiger partial charge in [0.1, 0.15) is 24.3 Å². The minimum Gasteiger partial charge on any atom is -0.451 e. The van der Waals surface area contributed by atoms with Gasteiger partial charge in [-0.2, -0.15) is 12.6 Å². The summed E-state index contributed by atoms with van der Waals surface area (Å²) in [6, 6.07) is 2.62. The number of furan rings is 1. The van der Waals surface area contributed by atoms with Gasteiger partial charge in [-0.15, -0.1) is 13.2 Å². The maximum absolute atomic E-state index is 12.3. The summed E-state index contributed by atoms with van der Waals surface area (Å²) in [5, 5.41) is 10.7. The zero-order valence-corrected chi connectivity index (χ0v) is 28.5. The van der Waals surface area contributed by atoms with Gasteiger partial charge >= 0.3 is 0 Å². The number of allylic oxidation sites excluding steroid dienone is 1. The number of aldehydes is 1. The minimum absolute atomic E-state index is 0.0476. The van der Waals surface area contributed by atoms with Crippen LogP contribution in [0.15, 0.2) is 46.8 Å². The molecule has 3 amide bonds. The molecule has 3 saturated carbocycles. The topological polar surface area (TPSA) is 169 Å². The number of hydrogen-bond donors (Lipinski definition) is 5. The number of thiol groups is 1. The van der Waals surface area contributed by atoms with E-state index in [-0.39, 0.29) is 42.2 Å². The molecule has 2 aromatic heterocycles. The molecule has 3 fully saturated rings. The number of ketones is 1. The van der Waals surface area contributed by atoms with Crippen molar-refractivity contribution in [2.75, 3.05) is 25.7 Å². The van der Waals surface area contributed by atoms with Crippen molar-refractivity contribution in [3.63, 3.8) is 0 Å². The van der Waals surface area contributed by atoms with Gasteiger partial charge in [0.05, 0.1) is 6.04 Å². The van der Waals surface area contributed by atoms with Crippen molar-refractivity contribution in [3.05, 3.63) is 70.6 Å². The standard InChI is InChI=1S/C17H20N2O5.C14H19N3O2.C2H4.CH4S/c1-10-12-5-3-4-6-14(12)24-15(10)17(23)19-11(9-20)7-8-13(21)16(22)18-2;1-15-11-3-2-6-17(13(11)19)9-12(18)16-14-5-4-10(7-14)8-14;2*1-2/h4,6,9,11H,3,5,7-8H2,1-2H3,(H,18,22)(H,19,23);2-3,6,10,15H,4-5,7-9H2,1H3,(H,16,18);1-2H2;2H,1H3. The van der Waals surface area contributed by atoms with Crippen molar-refractivity contribution in [3.8, 4) is 0 Å². The normalized spacial score (nSPS) is 18.4. The molecule has 12 nitrogen and oxygen atoms in total.